The van der Waals surface area contributed by atoms with Crippen LogP contribution in [0.2, 0.25) is 0 Å². The first kappa shape index (κ1) is 13.7. The van der Waals surface area contributed by atoms with Gasteiger partial charge in [-0.2, -0.15) is 0 Å². The molecule has 0 spiro atoms. The maximum Gasteiger partial charge on any atom is 0.119 e. The summed E-state index contributed by atoms with van der Waals surface area (Å²) in [4.78, 5) is 2.71. The molecule has 1 aromatic rings. The summed E-state index contributed by atoms with van der Waals surface area (Å²) in [6, 6.07) is 9.25. The van der Waals surface area contributed by atoms with E-state index in [1.807, 2.05) is 6.07 Å². The first-order valence-electron chi connectivity index (χ1n) is 7.94. The Balaban J connectivity index is 1.66. The second kappa shape index (κ2) is 6.45. The van der Waals surface area contributed by atoms with Crippen molar-refractivity contribution in [2.75, 3.05) is 20.2 Å². The van der Waals surface area contributed by atoms with Gasteiger partial charge < -0.3 is 9.64 Å². The predicted octanol–water partition coefficient (Wildman–Crippen LogP) is 4.12. The number of methoxy groups -OCH3 is 1. The van der Waals surface area contributed by atoms with Crippen molar-refractivity contribution in [1.29, 1.82) is 0 Å². The highest BCUT2D eigenvalue weighted by molar-refractivity contribution is 5.67. The van der Waals surface area contributed by atoms with Crippen LogP contribution in [0.3, 0.4) is 0 Å². The lowest BCUT2D eigenvalue weighted by Gasteiger charge is -2.36. The second-order valence-corrected chi connectivity index (χ2v) is 5.99. The summed E-state index contributed by atoms with van der Waals surface area (Å²) >= 11 is 0. The van der Waals surface area contributed by atoms with Gasteiger partial charge >= 0.3 is 0 Å². The van der Waals surface area contributed by atoms with E-state index in [9.17, 15) is 0 Å². The maximum absolute atomic E-state index is 5.33. The summed E-state index contributed by atoms with van der Waals surface area (Å²) in [7, 11) is 1.74. The zero-order chi connectivity index (χ0) is 13.8. The van der Waals surface area contributed by atoms with E-state index in [-0.39, 0.29) is 0 Å². The smallest absolute Gasteiger partial charge is 0.119 e. The van der Waals surface area contributed by atoms with E-state index < -0.39 is 0 Å². The maximum atomic E-state index is 5.33. The van der Waals surface area contributed by atoms with E-state index in [4.69, 9.17) is 4.74 Å². The zero-order valence-corrected chi connectivity index (χ0v) is 12.5. The van der Waals surface area contributed by atoms with E-state index in [2.05, 4.69) is 29.2 Å². The first-order chi connectivity index (χ1) is 9.86. The van der Waals surface area contributed by atoms with Crippen LogP contribution < -0.4 is 4.74 Å². The van der Waals surface area contributed by atoms with Crippen molar-refractivity contribution < 1.29 is 4.74 Å². The van der Waals surface area contributed by atoms with Gasteiger partial charge in [-0.25, -0.2) is 0 Å². The normalized spacial score (nSPS) is 24.2. The number of likely N-dealkylation sites (tertiary alicyclic amines) is 1. The summed E-state index contributed by atoms with van der Waals surface area (Å²) in [5.41, 5.74) is 2.83. The average molecular weight is 271 g/mol. The molecule has 0 aromatic heterocycles. The van der Waals surface area contributed by atoms with Crippen LogP contribution in [0.4, 0.5) is 0 Å². The zero-order valence-electron chi connectivity index (χ0n) is 12.5. The van der Waals surface area contributed by atoms with E-state index in [1.54, 1.807) is 7.11 Å². The van der Waals surface area contributed by atoms with Gasteiger partial charge in [0.2, 0.25) is 0 Å². The molecular weight excluding hydrogens is 246 g/mol. The lowest BCUT2D eigenvalue weighted by Crippen LogP contribution is -2.39. The van der Waals surface area contributed by atoms with E-state index in [0.29, 0.717) is 0 Å². The van der Waals surface area contributed by atoms with Crippen molar-refractivity contribution in [1.82, 2.24) is 4.90 Å². The molecule has 0 radical (unpaired) electrons. The number of nitrogens with zero attached hydrogens (tertiary/aromatic N) is 1. The third-order valence-corrected chi connectivity index (χ3v) is 4.73. The molecule has 1 heterocycles. The number of hydrogen-bond donors (Lipinski definition) is 0. The third kappa shape index (κ3) is 3.06. The minimum Gasteiger partial charge on any atom is -0.497 e. The summed E-state index contributed by atoms with van der Waals surface area (Å²) in [5.74, 6) is 0.960. The van der Waals surface area contributed by atoms with Crippen LogP contribution in [0.5, 0.6) is 5.75 Å². The molecule has 108 valence electrons. The van der Waals surface area contributed by atoms with E-state index in [0.717, 1.165) is 11.8 Å². The van der Waals surface area contributed by atoms with Crippen LogP contribution in [0, 0.1) is 0 Å². The van der Waals surface area contributed by atoms with Crippen LogP contribution in [0.25, 0.3) is 5.57 Å². The van der Waals surface area contributed by atoms with Gasteiger partial charge in [0.1, 0.15) is 5.75 Å². The average Bonchev–Trinajstić information content (AvgIpc) is 2.56. The number of piperidine rings is 1. The Morgan fingerprint density at radius 1 is 1.15 bits per heavy atom. The molecule has 3 rings (SSSR count). The highest BCUT2D eigenvalue weighted by Crippen LogP contribution is 2.31. The Bertz CT molecular complexity index is 474. The van der Waals surface area contributed by atoms with Gasteiger partial charge in [-0.15, -0.1) is 0 Å². The number of allylic oxidation sites excluding steroid dienone is 1. The number of rotatable bonds is 3. The Morgan fingerprint density at radius 2 is 2.00 bits per heavy atom. The van der Waals surface area contributed by atoms with E-state index >= 15 is 0 Å². The number of ether oxygens (including phenoxy) is 1. The van der Waals surface area contributed by atoms with Gasteiger partial charge in [0.15, 0.2) is 0 Å². The third-order valence-electron chi connectivity index (χ3n) is 4.73. The first-order valence-corrected chi connectivity index (χ1v) is 7.94. The van der Waals surface area contributed by atoms with Crippen LogP contribution in [0.15, 0.2) is 30.3 Å². The lowest BCUT2D eigenvalue weighted by molar-refractivity contribution is 0.155. The SMILES string of the molecule is COc1cccc(C2=CCC(N3CCCCC3)CC2)c1. The van der Waals surface area contributed by atoms with Crippen molar-refractivity contribution in [2.24, 2.45) is 0 Å². The molecule has 20 heavy (non-hydrogen) atoms. The van der Waals surface area contributed by atoms with Crippen LogP contribution in [-0.4, -0.2) is 31.1 Å². The van der Waals surface area contributed by atoms with Gasteiger partial charge in [-0.3, -0.25) is 0 Å². The van der Waals surface area contributed by atoms with Crippen LogP contribution >= 0.6 is 0 Å². The fraction of sp³-hybridized carbons (Fsp3) is 0.556. The molecule has 1 aliphatic heterocycles. The molecule has 0 amide bonds. The second-order valence-electron chi connectivity index (χ2n) is 5.99. The summed E-state index contributed by atoms with van der Waals surface area (Å²) in [5, 5.41) is 0. The van der Waals surface area contributed by atoms with E-state index in [1.165, 1.54) is 62.8 Å². The molecule has 1 fully saturated rings. The standard InChI is InChI=1S/C18H25NO/c1-20-18-7-5-6-16(14-18)15-8-10-17(11-9-15)19-12-3-2-4-13-19/h5-8,14,17H,2-4,9-13H2,1H3. The summed E-state index contributed by atoms with van der Waals surface area (Å²) in [6.45, 7) is 2.62. The molecule has 0 saturated carbocycles. The van der Waals surface area contributed by atoms with Crippen molar-refractivity contribution in [3.8, 4) is 5.75 Å². The summed E-state index contributed by atoms with van der Waals surface area (Å²) in [6.07, 6.45) is 10.4. The Labute approximate surface area is 122 Å². The molecule has 1 aromatic carbocycles. The predicted molar refractivity (Wildman–Crippen MR) is 84.0 cm³/mol. The number of benzene rings is 1. The van der Waals surface area contributed by atoms with Gasteiger partial charge in [0, 0.05) is 6.04 Å². The molecule has 0 N–H and O–H groups in total. The van der Waals surface area contributed by atoms with Crippen LogP contribution in [-0.2, 0) is 0 Å². The molecule has 1 saturated heterocycles. The fourth-order valence-electron chi connectivity index (χ4n) is 3.52. The van der Waals surface area contributed by atoms with Gasteiger partial charge in [0.05, 0.1) is 7.11 Å². The minimum atomic E-state index is 0.782. The minimum absolute atomic E-state index is 0.782. The molecule has 2 aliphatic rings. The molecule has 1 unspecified atom stereocenters. The molecule has 2 nitrogen and oxygen atoms in total. The topological polar surface area (TPSA) is 12.5 Å². The Kier molecular flexibility index (Phi) is 4.41. The van der Waals surface area contributed by atoms with Gasteiger partial charge in [-0.1, -0.05) is 24.6 Å². The quantitative estimate of drug-likeness (QED) is 0.820. The number of hydrogen-bond acceptors (Lipinski definition) is 2. The van der Waals surface area contributed by atoms with Gasteiger partial charge in [0.25, 0.3) is 0 Å². The monoisotopic (exact) mass is 271 g/mol. The highest BCUT2D eigenvalue weighted by atomic mass is 16.5. The van der Waals surface area contributed by atoms with Crippen molar-refractivity contribution in [2.45, 2.75) is 44.6 Å². The fourth-order valence-corrected chi connectivity index (χ4v) is 3.52. The van der Waals surface area contributed by atoms with Crippen molar-refractivity contribution in [3.05, 3.63) is 35.9 Å². The molecule has 1 aliphatic carbocycles. The van der Waals surface area contributed by atoms with Crippen molar-refractivity contribution in [3.63, 3.8) is 0 Å². The molecule has 0 bridgehead atoms. The molecular formula is C18H25NO. The Morgan fingerprint density at radius 3 is 2.70 bits per heavy atom. The van der Waals surface area contributed by atoms with Crippen molar-refractivity contribution >= 4 is 5.57 Å². The molecule has 2 heteroatoms. The van der Waals surface area contributed by atoms with Crippen LogP contribution in [0.1, 0.15) is 44.1 Å². The lowest BCUT2D eigenvalue weighted by atomic mass is 9.89. The summed E-state index contributed by atoms with van der Waals surface area (Å²) < 4.78 is 5.33. The highest BCUT2D eigenvalue weighted by Gasteiger charge is 2.23. The Hall–Kier alpha value is -1.28. The molecule has 1 atom stereocenters. The largest absolute Gasteiger partial charge is 0.497 e. The van der Waals surface area contributed by atoms with Gasteiger partial charge in [-0.05, 0) is 68.5 Å².